The fourth-order valence-corrected chi connectivity index (χ4v) is 8.86. The predicted octanol–water partition coefficient (Wildman–Crippen LogP) is 21.8. The number of esters is 3. The first-order valence-electron chi connectivity index (χ1n) is 31.9. The minimum Gasteiger partial charge on any atom is -0.462 e. The van der Waals surface area contributed by atoms with E-state index in [-0.39, 0.29) is 31.6 Å². The second-order valence-electron chi connectivity index (χ2n) is 20.9. The second-order valence-corrected chi connectivity index (χ2v) is 20.9. The van der Waals surface area contributed by atoms with Crippen molar-refractivity contribution in [2.75, 3.05) is 13.2 Å². The summed E-state index contributed by atoms with van der Waals surface area (Å²) >= 11 is 0. The van der Waals surface area contributed by atoms with Crippen molar-refractivity contribution in [2.45, 2.75) is 303 Å². The van der Waals surface area contributed by atoms with Gasteiger partial charge in [-0.2, -0.15) is 0 Å². The summed E-state index contributed by atoms with van der Waals surface area (Å²) in [6.07, 6.45) is 87.0. The van der Waals surface area contributed by atoms with Crippen LogP contribution in [0.25, 0.3) is 0 Å². The highest BCUT2D eigenvalue weighted by atomic mass is 16.6. The van der Waals surface area contributed by atoms with Crippen molar-refractivity contribution in [1.29, 1.82) is 0 Å². The van der Waals surface area contributed by atoms with Crippen LogP contribution in [0.15, 0.2) is 109 Å². The number of allylic oxidation sites excluding steroid dienone is 17. The van der Waals surface area contributed by atoms with Gasteiger partial charge in [0.25, 0.3) is 0 Å². The monoisotopic (exact) mass is 1050 g/mol. The van der Waals surface area contributed by atoms with Crippen molar-refractivity contribution < 1.29 is 28.6 Å². The Labute approximate surface area is 470 Å². The van der Waals surface area contributed by atoms with E-state index in [2.05, 4.69) is 118 Å². The summed E-state index contributed by atoms with van der Waals surface area (Å²) in [7, 11) is 0. The molecule has 0 saturated heterocycles. The average Bonchev–Trinajstić information content (AvgIpc) is 3.42. The summed E-state index contributed by atoms with van der Waals surface area (Å²) in [5.41, 5.74) is 0. The minimum atomic E-state index is -0.831. The van der Waals surface area contributed by atoms with Crippen LogP contribution < -0.4 is 0 Å². The molecule has 6 nitrogen and oxygen atoms in total. The molecule has 1 unspecified atom stereocenters. The quantitative estimate of drug-likeness (QED) is 0.0261. The molecule has 0 aliphatic carbocycles. The number of unbranched alkanes of at least 4 members (excludes halogenated alkanes) is 29. The molecule has 0 spiro atoms. The van der Waals surface area contributed by atoms with E-state index in [1.54, 1.807) is 6.08 Å². The van der Waals surface area contributed by atoms with Gasteiger partial charge < -0.3 is 14.2 Å². The Balaban J connectivity index is 4.29. The summed E-state index contributed by atoms with van der Waals surface area (Å²) in [4.78, 5) is 38.2. The van der Waals surface area contributed by atoms with E-state index in [1.165, 1.54) is 161 Å². The molecule has 0 aliphatic heterocycles. The van der Waals surface area contributed by atoms with Crippen molar-refractivity contribution in [3.8, 4) is 0 Å². The molecular weight excluding hydrogens is 937 g/mol. The predicted molar refractivity (Wildman–Crippen MR) is 330 cm³/mol. The maximum atomic E-state index is 12.8. The van der Waals surface area contributed by atoms with Crippen LogP contribution in [-0.2, 0) is 28.6 Å². The molecule has 0 N–H and O–H groups in total. The van der Waals surface area contributed by atoms with E-state index in [9.17, 15) is 14.4 Å². The van der Waals surface area contributed by atoms with Gasteiger partial charge in [-0.15, -0.1) is 0 Å². The molecular formula is C70H118O6. The zero-order valence-corrected chi connectivity index (χ0v) is 49.7. The lowest BCUT2D eigenvalue weighted by Crippen LogP contribution is -2.30. The molecule has 0 aromatic carbocycles. The molecule has 0 aromatic rings. The van der Waals surface area contributed by atoms with E-state index in [0.29, 0.717) is 12.8 Å². The van der Waals surface area contributed by atoms with Gasteiger partial charge in [0, 0.05) is 12.8 Å². The first-order chi connectivity index (χ1) is 37.5. The van der Waals surface area contributed by atoms with Crippen LogP contribution in [0.2, 0.25) is 0 Å². The van der Waals surface area contributed by atoms with Gasteiger partial charge >= 0.3 is 17.9 Å². The Hall–Kier alpha value is -3.93. The maximum Gasteiger partial charge on any atom is 0.310 e. The van der Waals surface area contributed by atoms with Gasteiger partial charge in [-0.25, -0.2) is 0 Å². The third-order valence-corrected chi connectivity index (χ3v) is 13.6. The van der Waals surface area contributed by atoms with E-state index in [4.69, 9.17) is 14.2 Å². The van der Waals surface area contributed by atoms with Crippen LogP contribution in [0.4, 0.5) is 0 Å². The summed E-state index contributed by atoms with van der Waals surface area (Å²) in [5, 5.41) is 0. The van der Waals surface area contributed by atoms with Crippen molar-refractivity contribution in [1.82, 2.24) is 0 Å². The van der Waals surface area contributed by atoms with E-state index in [1.807, 2.05) is 6.08 Å². The first-order valence-corrected chi connectivity index (χ1v) is 31.9. The highest BCUT2D eigenvalue weighted by Gasteiger charge is 2.19. The average molecular weight is 1060 g/mol. The lowest BCUT2D eigenvalue weighted by molar-refractivity contribution is -0.166. The highest BCUT2D eigenvalue weighted by molar-refractivity contribution is 5.72. The Morgan fingerprint density at radius 2 is 0.553 bits per heavy atom. The molecule has 434 valence electrons. The smallest absolute Gasteiger partial charge is 0.310 e. The molecule has 0 aliphatic rings. The topological polar surface area (TPSA) is 78.9 Å². The molecule has 6 heteroatoms. The number of rotatable bonds is 57. The number of ether oxygens (including phenoxy) is 3. The molecule has 0 fully saturated rings. The summed E-state index contributed by atoms with van der Waals surface area (Å²) in [5.74, 6) is -1.03. The Kier molecular flexibility index (Phi) is 60.3. The molecule has 0 radical (unpaired) electrons. The van der Waals surface area contributed by atoms with Crippen LogP contribution in [0, 0.1) is 0 Å². The summed E-state index contributed by atoms with van der Waals surface area (Å²) < 4.78 is 16.8. The molecule has 0 rings (SSSR count). The van der Waals surface area contributed by atoms with Crippen LogP contribution >= 0.6 is 0 Å². The van der Waals surface area contributed by atoms with Gasteiger partial charge in [0.15, 0.2) is 6.10 Å². The Morgan fingerprint density at radius 3 is 0.868 bits per heavy atom. The highest BCUT2D eigenvalue weighted by Crippen LogP contribution is 2.17. The van der Waals surface area contributed by atoms with Crippen LogP contribution in [0.3, 0.4) is 0 Å². The molecule has 76 heavy (non-hydrogen) atoms. The second kappa shape index (κ2) is 63.6. The zero-order chi connectivity index (χ0) is 55.0. The Morgan fingerprint density at radius 1 is 0.289 bits per heavy atom. The van der Waals surface area contributed by atoms with Gasteiger partial charge in [0.2, 0.25) is 0 Å². The number of carbonyl (C=O) groups is 3. The van der Waals surface area contributed by atoms with Gasteiger partial charge in [0.05, 0.1) is 6.42 Å². The number of hydrogen-bond acceptors (Lipinski definition) is 6. The van der Waals surface area contributed by atoms with Gasteiger partial charge in [-0.3, -0.25) is 14.4 Å². The third kappa shape index (κ3) is 60.9. The lowest BCUT2D eigenvalue weighted by atomic mass is 10.0. The normalized spacial score (nSPS) is 12.8. The summed E-state index contributed by atoms with van der Waals surface area (Å²) in [6.45, 7) is 6.35. The molecule has 0 saturated carbocycles. The third-order valence-electron chi connectivity index (χ3n) is 13.6. The van der Waals surface area contributed by atoms with Crippen LogP contribution in [0.5, 0.6) is 0 Å². The van der Waals surface area contributed by atoms with Crippen molar-refractivity contribution in [3.63, 3.8) is 0 Å². The Bertz CT molecular complexity index is 1540. The molecule has 0 bridgehead atoms. The van der Waals surface area contributed by atoms with Crippen molar-refractivity contribution in [3.05, 3.63) is 109 Å². The summed E-state index contributed by atoms with van der Waals surface area (Å²) in [6, 6.07) is 0. The van der Waals surface area contributed by atoms with E-state index < -0.39 is 12.1 Å². The SMILES string of the molecule is CC/C=C\C/C=C\C/C=C\C/C=C\C/C=C\CC(=O)OC(COC(=O)CCCCCCCCCCCCCCCC)COC(=O)CCCCCCCCCCCCCCCCCC/C=C\C/C=C\C/C=C\C/C=C\CC. The first kappa shape index (κ1) is 72.1. The van der Waals surface area contributed by atoms with E-state index >= 15 is 0 Å². The lowest BCUT2D eigenvalue weighted by Gasteiger charge is -2.18. The molecule has 0 heterocycles. The van der Waals surface area contributed by atoms with E-state index in [0.717, 1.165) is 96.3 Å². The number of hydrogen-bond donors (Lipinski definition) is 0. The van der Waals surface area contributed by atoms with Gasteiger partial charge in [0.1, 0.15) is 13.2 Å². The fourth-order valence-electron chi connectivity index (χ4n) is 8.86. The minimum absolute atomic E-state index is 0.0975. The molecule has 1 atom stereocenters. The fraction of sp³-hybridized carbons (Fsp3) is 0.700. The zero-order valence-electron chi connectivity index (χ0n) is 49.7. The molecule has 0 amide bonds. The maximum absolute atomic E-state index is 12.8. The van der Waals surface area contributed by atoms with Crippen LogP contribution in [-0.4, -0.2) is 37.2 Å². The van der Waals surface area contributed by atoms with Gasteiger partial charge in [-0.1, -0.05) is 304 Å². The van der Waals surface area contributed by atoms with Crippen molar-refractivity contribution >= 4 is 17.9 Å². The number of carbonyl (C=O) groups excluding carboxylic acids is 3. The van der Waals surface area contributed by atoms with Crippen LogP contribution in [0.1, 0.15) is 297 Å². The molecule has 0 aromatic heterocycles. The van der Waals surface area contributed by atoms with Gasteiger partial charge in [-0.05, 0) is 83.5 Å². The van der Waals surface area contributed by atoms with Crippen molar-refractivity contribution in [2.24, 2.45) is 0 Å². The largest absolute Gasteiger partial charge is 0.462 e. The standard InChI is InChI=1S/C70H118O6/c1-4-7-10-13-16-19-22-25-28-29-30-31-32-33-34-35-36-37-38-39-40-41-43-45-48-51-54-57-60-63-69(72)75-66-67(65-74-68(71)62-59-56-53-50-47-44-27-24-21-18-15-12-9-6-3)76-70(73)64-61-58-55-52-49-46-42-26-23-20-17-14-11-8-5-2/h7-8,10-11,16-17,19-20,25-26,28,30-31,42,49,52,58,61,67H,4-6,9,12-15,18,21-24,27,29,32-41,43-48,50-51,53-57,59-60,62-66H2,1-3H3/b10-7-,11-8-,19-16-,20-17-,28-25-,31-30-,42-26-,52-49-,61-58-.